The molecule has 140 valence electrons. The van der Waals surface area contributed by atoms with Crippen molar-refractivity contribution in [3.8, 4) is 0 Å². The van der Waals surface area contributed by atoms with Crippen molar-refractivity contribution in [2.45, 2.75) is 53.3 Å². The zero-order valence-corrected chi connectivity index (χ0v) is 16.2. The third-order valence-corrected chi connectivity index (χ3v) is 3.14. The fourth-order valence-electron chi connectivity index (χ4n) is 1.92. The highest BCUT2D eigenvalue weighted by Gasteiger charge is 2.24. The average Bonchev–Trinajstić information content (AvgIpc) is 2.47. The third-order valence-electron chi connectivity index (χ3n) is 3.14. The summed E-state index contributed by atoms with van der Waals surface area (Å²) in [5.74, 6) is -0.668. The van der Waals surface area contributed by atoms with Crippen LogP contribution in [0.15, 0.2) is 4.99 Å². The van der Waals surface area contributed by atoms with Crippen molar-refractivity contribution in [2.24, 2.45) is 4.99 Å². The molecule has 0 amide bonds. The Kier molecular flexibility index (Phi) is 9.53. The van der Waals surface area contributed by atoms with E-state index in [9.17, 15) is 9.59 Å². The first-order chi connectivity index (χ1) is 11.1. The lowest BCUT2D eigenvalue weighted by molar-refractivity contribution is -0.162. The Morgan fingerprint density at radius 1 is 1.25 bits per heavy atom. The molecular formula is C16H32N4O4. The SMILES string of the molecule is CCOC(=O)C(=NC)NC(C)N(C)N(CC)CC(=O)OC(C)(C)C. The fraction of sp³-hybridized carbons (Fsp3) is 0.812. The second-order valence-corrected chi connectivity index (χ2v) is 6.25. The molecule has 8 heteroatoms. The summed E-state index contributed by atoms with van der Waals surface area (Å²) in [6.45, 7) is 12.0. The van der Waals surface area contributed by atoms with Crippen LogP contribution in [0, 0.1) is 0 Å². The summed E-state index contributed by atoms with van der Waals surface area (Å²) in [7, 11) is 3.34. The van der Waals surface area contributed by atoms with Crippen molar-refractivity contribution in [3.05, 3.63) is 0 Å². The van der Waals surface area contributed by atoms with Crippen molar-refractivity contribution in [1.82, 2.24) is 15.3 Å². The van der Waals surface area contributed by atoms with Gasteiger partial charge in [0.1, 0.15) is 12.1 Å². The van der Waals surface area contributed by atoms with Gasteiger partial charge in [-0.05, 0) is 34.6 Å². The topological polar surface area (TPSA) is 83.5 Å². The first-order valence-corrected chi connectivity index (χ1v) is 8.15. The largest absolute Gasteiger partial charge is 0.460 e. The Morgan fingerprint density at radius 3 is 2.25 bits per heavy atom. The average molecular weight is 344 g/mol. The monoisotopic (exact) mass is 344 g/mol. The minimum Gasteiger partial charge on any atom is -0.460 e. The third kappa shape index (κ3) is 8.26. The number of hydrogen-bond donors (Lipinski definition) is 1. The van der Waals surface area contributed by atoms with E-state index in [4.69, 9.17) is 9.47 Å². The maximum atomic E-state index is 12.0. The van der Waals surface area contributed by atoms with Gasteiger partial charge in [0.25, 0.3) is 0 Å². The van der Waals surface area contributed by atoms with Gasteiger partial charge in [-0.2, -0.15) is 0 Å². The van der Waals surface area contributed by atoms with Gasteiger partial charge in [-0.1, -0.05) is 6.92 Å². The molecule has 0 bridgehead atoms. The van der Waals surface area contributed by atoms with Crippen molar-refractivity contribution < 1.29 is 19.1 Å². The lowest BCUT2D eigenvalue weighted by Crippen LogP contribution is -2.55. The van der Waals surface area contributed by atoms with Gasteiger partial charge in [-0.3, -0.25) is 9.79 Å². The Bertz CT molecular complexity index is 446. The molecule has 1 atom stereocenters. The maximum absolute atomic E-state index is 12.0. The molecule has 0 aliphatic heterocycles. The molecule has 0 saturated heterocycles. The van der Waals surface area contributed by atoms with E-state index < -0.39 is 11.6 Å². The van der Waals surface area contributed by atoms with E-state index in [1.165, 1.54) is 7.05 Å². The lowest BCUT2D eigenvalue weighted by Gasteiger charge is -2.36. The molecule has 0 rings (SSSR count). The predicted octanol–water partition coefficient (Wildman–Crippen LogP) is 1.02. The first-order valence-electron chi connectivity index (χ1n) is 8.15. The van der Waals surface area contributed by atoms with Crippen molar-refractivity contribution >= 4 is 17.8 Å². The van der Waals surface area contributed by atoms with Gasteiger partial charge >= 0.3 is 11.9 Å². The molecule has 0 radical (unpaired) electrons. The molecule has 24 heavy (non-hydrogen) atoms. The van der Waals surface area contributed by atoms with Gasteiger partial charge in [0.15, 0.2) is 0 Å². The minimum atomic E-state index is -0.523. The van der Waals surface area contributed by atoms with Crippen molar-refractivity contribution in [3.63, 3.8) is 0 Å². The summed E-state index contributed by atoms with van der Waals surface area (Å²) in [6.07, 6.45) is -0.268. The summed E-state index contributed by atoms with van der Waals surface area (Å²) in [5.41, 5.74) is -0.523. The summed E-state index contributed by atoms with van der Waals surface area (Å²) >= 11 is 0. The molecule has 0 aromatic heterocycles. The van der Waals surface area contributed by atoms with E-state index in [-0.39, 0.29) is 31.1 Å². The van der Waals surface area contributed by atoms with Crippen LogP contribution >= 0.6 is 0 Å². The number of rotatable bonds is 7. The molecule has 0 aliphatic rings. The minimum absolute atomic E-state index is 0.119. The van der Waals surface area contributed by atoms with Crippen molar-refractivity contribution in [2.75, 3.05) is 33.8 Å². The van der Waals surface area contributed by atoms with Crippen LogP contribution in [0.5, 0.6) is 0 Å². The second-order valence-electron chi connectivity index (χ2n) is 6.25. The Balaban J connectivity index is 4.79. The van der Waals surface area contributed by atoms with Crippen LogP contribution in [-0.4, -0.2) is 73.4 Å². The number of nitrogens with one attached hydrogen (secondary N) is 1. The van der Waals surface area contributed by atoms with Gasteiger partial charge < -0.3 is 14.8 Å². The van der Waals surface area contributed by atoms with E-state index >= 15 is 0 Å². The number of hydrogen-bond acceptors (Lipinski definition) is 7. The molecule has 0 aliphatic carbocycles. The summed E-state index contributed by atoms with van der Waals surface area (Å²) in [4.78, 5) is 27.7. The highest BCUT2D eigenvalue weighted by Crippen LogP contribution is 2.08. The Hall–Kier alpha value is -1.67. The summed E-state index contributed by atoms with van der Waals surface area (Å²) in [5, 5.41) is 6.65. The molecule has 0 spiro atoms. The van der Waals surface area contributed by atoms with E-state index in [2.05, 4.69) is 10.3 Å². The van der Waals surface area contributed by atoms with Gasteiger partial charge in [0.2, 0.25) is 5.84 Å². The lowest BCUT2D eigenvalue weighted by atomic mass is 10.2. The van der Waals surface area contributed by atoms with Crippen molar-refractivity contribution in [1.29, 1.82) is 0 Å². The molecule has 1 unspecified atom stereocenters. The predicted molar refractivity (Wildman–Crippen MR) is 93.4 cm³/mol. The summed E-state index contributed by atoms with van der Waals surface area (Å²) < 4.78 is 10.3. The highest BCUT2D eigenvalue weighted by atomic mass is 16.6. The smallest absolute Gasteiger partial charge is 0.373 e. The molecule has 8 nitrogen and oxygen atoms in total. The Morgan fingerprint density at radius 2 is 1.83 bits per heavy atom. The standard InChI is InChI=1S/C16H32N4O4/c1-9-20(11-13(21)24-16(4,5)6)19(8)12(3)18-14(17-7)15(22)23-10-2/h12H,9-11H2,1-8H3,(H,17,18). The van der Waals surface area contributed by atoms with Gasteiger partial charge in [0, 0.05) is 20.6 Å². The normalized spacial score (nSPS) is 13.8. The van der Waals surface area contributed by atoms with E-state index in [0.29, 0.717) is 6.54 Å². The van der Waals surface area contributed by atoms with Crippen LogP contribution in [0.4, 0.5) is 0 Å². The number of amidine groups is 1. The fourth-order valence-corrected chi connectivity index (χ4v) is 1.92. The van der Waals surface area contributed by atoms with Crippen LogP contribution in [0.2, 0.25) is 0 Å². The number of nitrogens with zero attached hydrogens (tertiary/aromatic N) is 3. The highest BCUT2D eigenvalue weighted by molar-refractivity contribution is 6.35. The van der Waals surface area contributed by atoms with E-state index in [1.54, 1.807) is 6.92 Å². The number of carbonyl (C=O) groups is 2. The Labute approximate surface area is 145 Å². The molecule has 0 aromatic rings. The van der Waals surface area contributed by atoms with E-state index in [1.807, 2.05) is 51.7 Å². The van der Waals surface area contributed by atoms with Crippen LogP contribution in [0.25, 0.3) is 0 Å². The van der Waals surface area contributed by atoms with E-state index in [0.717, 1.165) is 0 Å². The number of likely N-dealkylation sites (N-methyl/N-ethyl adjacent to an activating group) is 1. The second kappa shape index (κ2) is 10.2. The molecule has 1 N–H and O–H groups in total. The van der Waals surface area contributed by atoms with Crippen LogP contribution in [0.1, 0.15) is 41.5 Å². The van der Waals surface area contributed by atoms with Gasteiger partial charge in [-0.25, -0.2) is 14.8 Å². The quantitative estimate of drug-likeness (QED) is 0.243. The van der Waals surface area contributed by atoms with Gasteiger partial charge in [-0.15, -0.1) is 0 Å². The number of carbonyl (C=O) groups excluding carboxylic acids is 2. The number of ether oxygens (including phenoxy) is 2. The first kappa shape index (κ1) is 22.3. The summed E-state index contributed by atoms with van der Waals surface area (Å²) in [6, 6.07) is 0. The van der Waals surface area contributed by atoms with Crippen LogP contribution < -0.4 is 5.32 Å². The zero-order valence-electron chi connectivity index (χ0n) is 16.2. The van der Waals surface area contributed by atoms with Gasteiger partial charge in [0.05, 0.1) is 12.8 Å². The number of esters is 2. The molecule has 0 saturated carbocycles. The maximum Gasteiger partial charge on any atom is 0.373 e. The van der Waals surface area contributed by atoms with Crippen LogP contribution in [-0.2, 0) is 19.1 Å². The zero-order chi connectivity index (χ0) is 18.9. The molecular weight excluding hydrogens is 312 g/mol. The molecule has 0 fully saturated rings. The molecule has 0 aromatic carbocycles. The number of aliphatic imine (C=N–C) groups is 1. The van der Waals surface area contributed by atoms with Crippen LogP contribution in [0.3, 0.4) is 0 Å². The molecule has 0 heterocycles. The number of hydrazine groups is 1.